The molecule has 8 heteroatoms. The summed E-state index contributed by atoms with van der Waals surface area (Å²) in [4.78, 5) is -0.278. The summed E-state index contributed by atoms with van der Waals surface area (Å²) >= 11 is 16.7. The Morgan fingerprint density at radius 3 is 0.789 bits per heavy atom. The number of nitrogens with two attached hydrogens (primary N) is 1. The zero-order chi connectivity index (χ0) is 14.3. The fourth-order valence-electron chi connectivity index (χ4n) is 0. The minimum Gasteiger partial charge on any atom is 0 e. The predicted molar refractivity (Wildman–Crippen MR) is 123 cm³/mol. The third-order valence-corrected chi connectivity index (χ3v) is 0. The van der Waals surface area contributed by atoms with E-state index in [2.05, 4.69) is 103 Å². The largest absolute Gasteiger partial charge is 0 e. The maximum Gasteiger partial charge on any atom is 0 e. The molecule has 0 atom stereocenters. The Balaban J connectivity index is -0.00000000630. The van der Waals surface area contributed by atoms with Crippen molar-refractivity contribution in [2.24, 2.45) is 5.73 Å². The minimum absolute atomic E-state index is 0. The van der Waals surface area contributed by atoms with Gasteiger partial charge in [0.2, 0.25) is 0 Å². The monoisotopic (exact) mass is 774 g/mol. The summed E-state index contributed by atoms with van der Waals surface area (Å²) in [6, 6.07) is 0. The predicted octanol–water partition coefficient (Wildman–Crippen LogP) is 8.29. The van der Waals surface area contributed by atoms with Gasteiger partial charge in [-0.2, -0.15) is 0 Å². The second-order valence-electron chi connectivity index (χ2n) is 0.899. The molecule has 0 bridgehead atoms. The molecule has 0 fully saturated rings. The Hall–Kier alpha value is 4.42. The van der Waals surface area contributed by atoms with E-state index in [0.29, 0.717) is 0 Å². The van der Waals surface area contributed by atoms with E-state index < -0.39 is 0 Å². The number of hydrogen-bond acceptors (Lipinski definition) is 1. The van der Waals surface area contributed by atoms with Crippen molar-refractivity contribution in [3.05, 3.63) is 0 Å². The average molecular weight is 775 g/mol. The Kier molecular flexibility index (Phi) is 499. The average Bonchev–Trinajstić information content (AvgIpc) is 2.29. The summed E-state index contributed by atoms with van der Waals surface area (Å²) < 4.78 is 0. The second kappa shape index (κ2) is 145. The molecule has 0 unspecified atom stereocenters. The van der Waals surface area contributed by atoms with Gasteiger partial charge in [0.15, 0.2) is 0 Å². The van der Waals surface area contributed by atoms with Crippen LogP contribution < -0.4 is 5.73 Å². The van der Waals surface area contributed by atoms with E-state index in [1.807, 2.05) is 13.8 Å². The van der Waals surface area contributed by atoms with Crippen LogP contribution in [0.3, 0.4) is 0 Å². The van der Waals surface area contributed by atoms with Crippen LogP contribution in [0.1, 0.15) is 56.4 Å². The molecule has 0 aliphatic carbocycles. The molecule has 0 aromatic rings. The van der Waals surface area contributed by atoms with E-state index in [9.17, 15) is 0 Å². The van der Waals surface area contributed by atoms with Gasteiger partial charge in [-0.05, 0) is 7.05 Å². The molecule has 0 aromatic carbocycles. The summed E-state index contributed by atoms with van der Waals surface area (Å²) in [5.41, 5.74) is 4.50. The van der Waals surface area contributed by atoms with Gasteiger partial charge in [0, 0.05) is 45.5 Å². The van der Waals surface area contributed by atoms with Crippen molar-refractivity contribution in [1.29, 1.82) is 0 Å². The van der Waals surface area contributed by atoms with Crippen LogP contribution in [-0.4, -0.2) is 19.8 Å². The van der Waals surface area contributed by atoms with Gasteiger partial charge in [-0.3, -0.25) is 0 Å². The Bertz CT molecular complexity index is 47.1. The molecule has 0 saturated carbocycles. The molecule has 0 aliphatic rings. The Morgan fingerprint density at radius 2 is 0.789 bits per heavy atom. The molecule has 0 aromatic heterocycles. The van der Waals surface area contributed by atoms with Crippen LogP contribution in [0.4, 0.5) is 0 Å². The van der Waals surface area contributed by atoms with E-state index in [1.165, 1.54) is 26.2 Å². The second-order valence-corrected chi connectivity index (χ2v) is 36.3. The van der Waals surface area contributed by atoms with Gasteiger partial charge in [-0.25, -0.2) is 0 Å². The van der Waals surface area contributed by atoms with Gasteiger partial charge in [0.25, 0.3) is 0 Å². The number of rotatable bonds is 0. The quantitative estimate of drug-likeness (QED) is 0.195. The van der Waals surface area contributed by atoms with Gasteiger partial charge >= 0.3 is 64.9 Å². The molecule has 1 radical (unpaired) electrons. The van der Waals surface area contributed by atoms with Crippen LogP contribution in [0, 0.1) is 0 Å². The summed E-state index contributed by atoms with van der Waals surface area (Å²) in [5, 5.41) is 0. The van der Waals surface area contributed by atoms with Crippen LogP contribution >= 0.6 is 83.1 Å². The van der Waals surface area contributed by atoms with Gasteiger partial charge in [0.1, 0.15) is 0 Å². The molecule has 0 spiro atoms. The van der Waals surface area contributed by atoms with E-state index in [0.717, 1.165) is 0 Å². The molecule has 0 heterocycles. The van der Waals surface area contributed by atoms with Crippen LogP contribution in [0.5, 0.6) is 0 Å². The van der Waals surface area contributed by atoms with E-state index in [1.54, 1.807) is 0 Å². The number of hydrogen-bond donors (Lipinski definition) is 1. The minimum atomic E-state index is -0.278. The van der Waals surface area contributed by atoms with Crippen molar-refractivity contribution in [2.75, 3.05) is 19.8 Å². The summed E-state index contributed by atoms with van der Waals surface area (Å²) in [6.45, 7) is 8.25. The van der Waals surface area contributed by atoms with Crippen molar-refractivity contribution in [3.63, 3.8) is 0 Å². The summed E-state index contributed by atoms with van der Waals surface area (Å²) in [7, 11) is 1.50. The molecule has 0 rings (SSSR count). The third kappa shape index (κ3) is 479. The molecule has 19 heavy (non-hydrogen) atoms. The standard InChI is InChI=1S/C3H8.C2H6.2CH3Cl.CH5N.3CH4.3HI.V.Y/c1-3-2;4*1-2;;;;;;;;/h3H2,1-2H3;1-2H3;2*1H3;2H2,1H3;3*1H4;3*1H;;/q;;;;;;;;;;;+3;/p-3. The van der Waals surface area contributed by atoms with Crippen molar-refractivity contribution >= 4 is 83.1 Å². The number of halogens is 5. The zero-order valence-corrected chi connectivity index (χ0v) is 23.4. The molecule has 0 saturated heterocycles. The zero-order valence-electron chi connectivity index (χ0n) is 11.2. The number of alkyl halides is 2. The van der Waals surface area contributed by atoms with Crippen molar-refractivity contribution in [2.45, 2.75) is 56.4 Å². The molecule has 129 valence electrons. The van der Waals surface area contributed by atoms with Crippen LogP contribution in [0.15, 0.2) is 0 Å². The topological polar surface area (TPSA) is 26.0 Å². The maximum absolute atomic E-state index is 4.64. The van der Waals surface area contributed by atoms with Crippen molar-refractivity contribution in [1.82, 2.24) is 0 Å². The molecular formula is C11H37Cl2I3NVY. The van der Waals surface area contributed by atoms with Gasteiger partial charge in [-0.1, -0.05) is 56.4 Å². The van der Waals surface area contributed by atoms with Crippen molar-refractivity contribution in [3.8, 4) is 0 Å². The van der Waals surface area contributed by atoms with Crippen LogP contribution in [0.2, 0.25) is 0 Å². The van der Waals surface area contributed by atoms with Crippen LogP contribution in [-0.2, 0) is 37.6 Å². The smallest absolute Gasteiger partial charge is 0 e. The van der Waals surface area contributed by atoms with Gasteiger partial charge in [0.05, 0.1) is 0 Å². The molecule has 0 amide bonds. The Morgan fingerprint density at radius 1 is 0.789 bits per heavy atom. The molecular weight excluding hydrogens is 738 g/mol. The normalized spacial score (nSPS) is 4.11. The van der Waals surface area contributed by atoms with E-state index in [4.69, 9.17) is 0 Å². The summed E-state index contributed by atoms with van der Waals surface area (Å²) in [6.07, 6.45) is 4.19. The fraction of sp³-hybridized carbons (Fsp3) is 1.00. The van der Waals surface area contributed by atoms with Gasteiger partial charge in [-0.15, -0.1) is 23.2 Å². The molecule has 2 N–H and O–H groups in total. The Labute approximate surface area is 199 Å². The third-order valence-electron chi connectivity index (χ3n) is 0. The van der Waals surface area contributed by atoms with Gasteiger partial charge < -0.3 is 5.73 Å². The molecule has 1 nitrogen and oxygen atoms in total. The first-order valence-corrected chi connectivity index (χ1v) is 19.3. The van der Waals surface area contributed by atoms with Crippen LogP contribution in [0.25, 0.3) is 0 Å². The first-order chi connectivity index (χ1) is 7.15. The van der Waals surface area contributed by atoms with Crippen molar-refractivity contribution < 1.29 is 37.6 Å². The first kappa shape index (κ1) is 65.4. The van der Waals surface area contributed by atoms with E-state index in [-0.39, 0.29) is 59.9 Å². The SMILES string of the molecule is C.C.C.CC.CCC.CCl.CCl.CN.[I][V]([I])[I].[Y]. The fourth-order valence-corrected chi connectivity index (χ4v) is 0. The first-order valence-electron chi connectivity index (χ1n) is 4.25. The van der Waals surface area contributed by atoms with E-state index >= 15 is 0 Å². The summed E-state index contributed by atoms with van der Waals surface area (Å²) in [5.74, 6) is 0. The maximum atomic E-state index is 4.64. The molecule has 0 aliphatic heterocycles.